The van der Waals surface area contributed by atoms with E-state index in [9.17, 15) is 10.1 Å². The van der Waals surface area contributed by atoms with E-state index in [0.717, 1.165) is 56.3 Å². The number of nitro benzene ring substituents is 1. The normalized spacial score (nSPS) is 15.5. The van der Waals surface area contributed by atoms with Gasteiger partial charge in [0.25, 0.3) is 5.69 Å². The first kappa shape index (κ1) is 23.0. The monoisotopic (exact) mass is 445 g/mol. The highest BCUT2D eigenvalue weighted by molar-refractivity contribution is 6.27. The zero-order valence-corrected chi connectivity index (χ0v) is 17.2. The lowest BCUT2D eigenvalue weighted by Gasteiger charge is -2.34. The largest absolute Gasteiger partial charge is 0.473 e. The SMILES string of the molecule is O=C(O)C(=O)O.O=[N+]([O-])c1ccc(CN2CCN(Cc3ccc4c(c3)OCO4)CC2)cc1. The van der Waals surface area contributed by atoms with Gasteiger partial charge in [-0.25, -0.2) is 9.59 Å². The van der Waals surface area contributed by atoms with Gasteiger partial charge in [0.15, 0.2) is 11.5 Å². The van der Waals surface area contributed by atoms with Crippen LogP contribution in [0.15, 0.2) is 42.5 Å². The third-order valence-electron chi connectivity index (χ3n) is 5.04. The highest BCUT2D eigenvalue weighted by atomic mass is 16.7. The number of hydrogen-bond donors (Lipinski definition) is 2. The minimum atomic E-state index is -1.82. The third-order valence-corrected chi connectivity index (χ3v) is 5.04. The zero-order valence-electron chi connectivity index (χ0n) is 17.2. The molecule has 4 rings (SSSR count). The number of carboxylic acid groups (broad SMARTS) is 2. The lowest BCUT2D eigenvalue weighted by Crippen LogP contribution is -2.45. The standard InChI is InChI=1S/C19H21N3O4.C2H2O4/c23-22(24)17-4-1-15(2-5-17)12-20-7-9-21(10-8-20)13-16-3-6-18-19(11-16)26-14-25-18;3-1(4)2(5)6/h1-6,11H,7-10,12-14H2;(H,3,4)(H,5,6). The van der Waals surface area contributed by atoms with E-state index in [2.05, 4.69) is 21.9 Å². The van der Waals surface area contributed by atoms with Crippen molar-refractivity contribution in [3.05, 3.63) is 63.7 Å². The maximum absolute atomic E-state index is 10.7. The van der Waals surface area contributed by atoms with Crippen LogP contribution in [0.5, 0.6) is 11.5 Å². The Morgan fingerprint density at radius 1 is 0.844 bits per heavy atom. The van der Waals surface area contributed by atoms with Crippen molar-refractivity contribution >= 4 is 17.6 Å². The van der Waals surface area contributed by atoms with E-state index in [1.165, 1.54) is 5.56 Å². The van der Waals surface area contributed by atoms with Crippen molar-refractivity contribution in [2.45, 2.75) is 13.1 Å². The maximum atomic E-state index is 10.7. The minimum absolute atomic E-state index is 0.141. The molecule has 0 saturated carbocycles. The van der Waals surface area contributed by atoms with Crippen LogP contribution in [0.1, 0.15) is 11.1 Å². The first-order chi connectivity index (χ1) is 15.3. The van der Waals surface area contributed by atoms with E-state index >= 15 is 0 Å². The Morgan fingerprint density at radius 3 is 1.88 bits per heavy atom. The predicted molar refractivity (Wildman–Crippen MR) is 111 cm³/mol. The second-order valence-corrected chi connectivity index (χ2v) is 7.27. The van der Waals surface area contributed by atoms with Gasteiger partial charge in [0.05, 0.1) is 4.92 Å². The van der Waals surface area contributed by atoms with Crippen molar-refractivity contribution in [3.63, 3.8) is 0 Å². The number of aliphatic carboxylic acids is 2. The highest BCUT2D eigenvalue weighted by Gasteiger charge is 2.19. The van der Waals surface area contributed by atoms with Gasteiger partial charge in [0.1, 0.15) is 0 Å². The third kappa shape index (κ3) is 6.40. The number of nitrogens with zero attached hydrogens (tertiary/aromatic N) is 3. The second kappa shape index (κ2) is 10.6. The van der Waals surface area contributed by atoms with Gasteiger partial charge in [-0.15, -0.1) is 0 Å². The fraction of sp³-hybridized carbons (Fsp3) is 0.333. The second-order valence-electron chi connectivity index (χ2n) is 7.27. The van der Waals surface area contributed by atoms with Crippen molar-refractivity contribution in [1.29, 1.82) is 0 Å². The van der Waals surface area contributed by atoms with Crippen LogP contribution in [-0.2, 0) is 22.7 Å². The Kier molecular flexibility index (Phi) is 7.58. The molecule has 11 heteroatoms. The van der Waals surface area contributed by atoms with E-state index < -0.39 is 11.9 Å². The van der Waals surface area contributed by atoms with Gasteiger partial charge in [-0.2, -0.15) is 0 Å². The number of piperazine rings is 1. The molecule has 0 bridgehead atoms. The van der Waals surface area contributed by atoms with Crippen LogP contribution in [0.3, 0.4) is 0 Å². The molecular weight excluding hydrogens is 422 g/mol. The molecule has 2 N–H and O–H groups in total. The van der Waals surface area contributed by atoms with E-state index in [1.807, 2.05) is 18.2 Å². The van der Waals surface area contributed by atoms with Crippen molar-refractivity contribution in [2.75, 3.05) is 33.0 Å². The van der Waals surface area contributed by atoms with Crippen molar-refractivity contribution < 1.29 is 34.2 Å². The molecule has 170 valence electrons. The molecule has 0 aliphatic carbocycles. The number of non-ortho nitro benzene ring substituents is 1. The van der Waals surface area contributed by atoms with E-state index in [-0.39, 0.29) is 10.6 Å². The summed E-state index contributed by atoms with van der Waals surface area (Å²) in [6, 6.07) is 13.0. The van der Waals surface area contributed by atoms with Gasteiger partial charge >= 0.3 is 11.9 Å². The first-order valence-corrected chi connectivity index (χ1v) is 9.84. The average molecular weight is 445 g/mol. The summed E-state index contributed by atoms with van der Waals surface area (Å²) in [5.74, 6) is -1.99. The zero-order chi connectivity index (χ0) is 23.1. The summed E-state index contributed by atoms with van der Waals surface area (Å²) in [4.78, 5) is 33.4. The summed E-state index contributed by atoms with van der Waals surface area (Å²) in [6.45, 7) is 6.02. The van der Waals surface area contributed by atoms with Crippen molar-refractivity contribution in [2.24, 2.45) is 0 Å². The predicted octanol–water partition coefficient (Wildman–Crippen LogP) is 1.80. The van der Waals surface area contributed by atoms with Crippen LogP contribution in [0.2, 0.25) is 0 Å². The molecule has 0 aromatic heterocycles. The first-order valence-electron chi connectivity index (χ1n) is 9.84. The Hall–Kier alpha value is -3.70. The van der Waals surface area contributed by atoms with Gasteiger partial charge in [-0.1, -0.05) is 18.2 Å². The Labute approximate surface area is 183 Å². The number of ether oxygens (including phenoxy) is 2. The van der Waals surface area contributed by atoms with Crippen LogP contribution >= 0.6 is 0 Å². The molecule has 0 radical (unpaired) electrons. The van der Waals surface area contributed by atoms with Gasteiger partial charge in [-0.3, -0.25) is 19.9 Å². The summed E-state index contributed by atoms with van der Waals surface area (Å²) in [5.41, 5.74) is 2.49. The van der Waals surface area contributed by atoms with Gasteiger partial charge in [0.2, 0.25) is 6.79 Å². The Balaban J connectivity index is 0.000000427. The van der Waals surface area contributed by atoms with Crippen LogP contribution in [0, 0.1) is 10.1 Å². The molecule has 2 aromatic carbocycles. The maximum Gasteiger partial charge on any atom is 0.414 e. The molecule has 0 atom stereocenters. The fourth-order valence-corrected chi connectivity index (χ4v) is 3.38. The van der Waals surface area contributed by atoms with Crippen molar-refractivity contribution in [1.82, 2.24) is 9.80 Å². The van der Waals surface area contributed by atoms with E-state index in [4.69, 9.17) is 29.3 Å². The molecular formula is C21H23N3O8. The van der Waals surface area contributed by atoms with Crippen LogP contribution < -0.4 is 9.47 Å². The molecule has 0 spiro atoms. The van der Waals surface area contributed by atoms with Gasteiger partial charge < -0.3 is 19.7 Å². The lowest BCUT2D eigenvalue weighted by atomic mass is 10.1. The summed E-state index contributed by atoms with van der Waals surface area (Å²) in [7, 11) is 0. The quantitative estimate of drug-likeness (QED) is 0.397. The van der Waals surface area contributed by atoms with Crippen LogP contribution in [0.25, 0.3) is 0 Å². The summed E-state index contributed by atoms with van der Waals surface area (Å²) >= 11 is 0. The number of carbonyl (C=O) groups is 2. The number of nitro groups is 1. The summed E-state index contributed by atoms with van der Waals surface area (Å²) in [5, 5.41) is 25.5. The number of hydrogen-bond acceptors (Lipinski definition) is 8. The number of carboxylic acids is 2. The van der Waals surface area contributed by atoms with Gasteiger partial charge in [-0.05, 0) is 23.3 Å². The molecule has 11 nitrogen and oxygen atoms in total. The number of rotatable bonds is 5. The molecule has 2 aromatic rings. The molecule has 0 amide bonds. The summed E-state index contributed by atoms with van der Waals surface area (Å²) in [6.07, 6.45) is 0. The number of benzene rings is 2. The smallest absolute Gasteiger partial charge is 0.414 e. The van der Waals surface area contributed by atoms with Crippen molar-refractivity contribution in [3.8, 4) is 11.5 Å². The number of fused-ring (bicyclic) bond motifs is 1. The molecule has 2 aliphatic heterocycles. The Bertz CT molecular complexity index is 960. The average Bonchev–Trinajstić information content (AvgIpc) is 3.24. The van der Waals surface area contributed by atoms with E-state index in [1.54, 1.807) is 12.1 Å². The minimum Gasteiger partial charge on any atom is -0.473 e. The van der Waals surface area contributed by atoms with E-state index in [0.29, 0.717) is 6.79 Å². The molecule has 32 heavy (non-hydrogen) atoms. The molecule has 1 fully saturated rings. The molecule has 0 unspecified atom stereocenters. The van der Waals surface area contributed by atoms with Gasteiger partial charge in [0, 0.05) is 51.4 Å². The van der Waals surface area contributed by atoms with Crippen LogP contribution in [0.4, 0.5) is 5.69 Å². The molecule has 2 aliphatic rings. The highest BCUT2D eigenvalue weighted by Crippen LogP contribution is 2.32. The molecule has 2 heterocycles. The summed E-state index contributed by atoms with van der Waals surface area (Å²) < 4.78 is 10.8. The van der Waals surface area contributed by atoms with Crippen LogP contribution in [-0.4, -0.2) is 69.8 Å². The molecule has 1 saturated heterocycles. The fourth-order valence-electron chi connectivity index (χ4n) is 3.38. The topological polar surface area (TPSA) is 143 Å². The Morgan fingerprint density at radius 2 is 1.34 bits per heavy atom. The lowest BCUT2D eigenvalue weighted by molar-refractivity contribution is -0.384.